The molecule has 1 atom stereocenters. The van der Waals surface area contributed by atoms with Gasteiger partial charge in [0.2, 0.25) is 10.0 Å². The third-order valence-corrected chi connectivity index (χ3v) is 4.24. The van der Waals surface area contributed by atoms with Crippen LogP contribution in [0.1, 0.15) is 17.3 Å². The SMILES string of the molecule is COC(=O)CSC(C)C(=O)c1ccc(NS(C)(=O)=O)cc1. The number of nitrogens with one attached hydrogen (secondary N) is 1. The van der Waals surface area contributed by atoms with Gasteiger partial charge in [-0.15, -0.1) is 11.8 Å². The van der Waals surface area contributed by atoms with Crippen molar-refractivity contribution in [2.75, 3.05) is 23.8 Å². The minimum Gasteiger partial charge on any atom is -0.468 e. The summed E-state index contributed by atoms with van der Waals surface area (Å²) in [5.41, 5.74) is 0.850. The lowest BCUT2D eigenvalue weighted by Crippen LogP contribution is -2.17. The van der Waals surface area contributed by atoms with Gasteiger partial charge in [0.25, 0.3) is 0 Å². The van der Waals surface area contributed by atoms with E-state index in [-0.39, 0.29) is 17.5 Å². The zero-order valence-electron chi connectivity index (χ0n) is 12.0. The maximum atomic E-state index is 12.1. The standard InChI is InChI=1S/C13H17NO5S2/c1-9(20-8-12(15)19-2)13(16)10-4-6-11(7-5-10)14-21(3,17)18/h4-7,9,14H,8H2,1-3H3. The number of hydrogen-bond acceptors (Lipinski definition) is 6. The fourth-order valence-electron chi connectivity index (χ4n) is 1.48. The van der Waals surface area contributed by atoms with Crippen LogP contribution in [-0.2, 0) is 19.6 Å². The molecule has 1 unspecified atom stereocenters. The van der Waals surface area contributed by atoms with Crippen molar-refractivity contribution in [2.45, 2.75) is 12.2 Å². The van der Waals surface area contributed by atoms with E-state index < -0.39 is 15.3 Å². The summed E-state index contributed by atoms with van der Waals surface area (Å²) in [6.45, 7) is 1.71. The number of carbonyl (C=O) groups is 2. The first-order valence-corrected chi connectivity index (χ1v) is 8.97. The van der Waals surface area contributed by atoms with E-state index in [2.05, 4.69) is 9.46 Å². The Morgan fingerprint density at radius 1 is 1.29 bits per heavy atom. The smallest absolute Gasteiger partial charge is 0.315 e. The van der Waals surface area contributed by atoms with Crippen LogP contribution in [0.15, 0.2) is 24.3 Å². The summed E-state index contributed by atoms with van der Waals surface area (Å²) in [7, 11) is -2.04. The van der Waals surface area contributed by atoms with Gasteiger partial charge in [0, 0.05) is 11.3 Å². The molecular weight excluding hydrogens is 314 g/mol. The summed E-state index contributed by atoms with van der Waals surface area (Å²) in [4.78, 5) is 23.2. The normalized spacial score (nSPS) is 12.5. The van der Waals surface area contributed by atoms with E-state index in [9.17, 15) is 18.0 Å². The van der Waals surface area contributed by atoms with Crippen LogP contribution in [-0.4, -0.2) is 44.5 Å². The number of sulfonamides is 1. The average molecular weight is 331 g/mol. The van der Waals surface area contributed by atoms with Gasteiger partial charge < -0.3 is 4.74 Å². The molecule has 0 aliphatic carbocycles. The summed E-state index contributed by atoms with van der Waals surface area (Å²) >= 11 is 1.19. The van der Waals surface area contributed by atoms with Gasteiger partial charge in [-0.1, -0.05) is 0 Å². The number of anilines is 1. The minimum atomic E-state index is -3.34. The monoisotopic (exact) mass is 331 g/mol. The molecule has 0 saturated carbocycles. The number of rotatable bonds is 7. The molecular formula is C13H17NO5S2. The summed E-state index contributed by atoms with van der Waals surface area (Å²) < 4.78 is 29.0. The fraction of sp³-hybridized carbons (Fsp3) is 0.385. The number of ketones is 1. The molecule has 0 radical (unpaired) electrons. The molecule has 1 rings (SSSR count). The molecule has 0 amide bonds. The Balaban J connectivity index is 2.68. The van der Waals surface area contributed by atoms with Crippen molar-refractivity contribution in [1.82, 2.24) is 0 Å². The van der Waals surface area contributed by atoms with Gasteiger partial charge in [0.15, 0.2) is 5.78 Å². The first-order chi connectivity index (χ1) is 9.73. The summed E-state index contributed by atoms with van der Waals surface area (Å²) in [6, 6.07) is 6.13. The number of hydrogen-bond donors (Lipinski definition) is 1. The molecule has 116 valence electrons. The van der Waals surface area contributed by atoms with E-state index >= 15 is 0 Å². The lowest BCUT2D eigenvalue weighted by Gasteiger charge is -2.10. The molecule has 6 nitrogen and oxygen atoms in total. The predicted octanol–water partition coefficient (Wildman–Crippen LogP) is 1.54. The van der Waals surface area contributed by atoms with E-state index in [4.69, 9.17) is 0 Å². The Morgan fingerprint density at radius 2 is 1.86 bits per heavy atom. The average Bonchev–Trinajstić information content (AvgIpc) is 2.42. The summed E-state index contributed by atoms with van der Waals surface area (Å²) in [5, 5.41) is -0.391. The zero-order chi connectivity index (χ0) is 16.0. The number of Topliss-reactive ketones (excluding diaryl/α,β-unsaturated/α-hetero) is 1. The van der Waals surface area contributed by atoms with Crippen molar-refractivity contribution in [1.29, 1.82) is 0 Å². The highest BCUT2D eigenvalue weighted by molar-refractivity contribution is 8.01. The molecule has 0 saturated heterocycles. The number of ether oxygens (including phenoxy) is 1. The predicted molar refractivity (Wildman–Crippen MR) is 83.2 cm³/mol. The molecule has 0 fully saturated rings. The molecule has 0 aromatic heterocycles. The van der Waals surface area contributed by atoms with Crippen LogP contribution >= 0.6 is 11.8 Å². The number of benzene rings is 1. The highest BCUT2D eigenvalue weighted by Crippen LogP contribution is 2.18. The molecule has 0 bridgehead atoms. The zero-order valence-corrected chi connectivity index (χ0v) is 13.6. The second-order valence-electron chi connectivity index (χ2n) is 4.35. The van der Waals surface area contributed by atoms with Gasteiger partial charge >= 0.3 is 5.97 Å². The number of thioether (sulfide) groups is 1. The second-order valence-corrected chi connectivity index (χ2v) is 7.42. The molecule has 0 aliphatic heterocycles. The Morgan fingerprint density at radius 3 is 2.33 bits per heavy atom. The lowest BCUT2D eigenvalue weighted by atomic mass is 10.1. The minimum absolute atomic E-state index is 0.108. The van der Waals surface area contributed by atoms with Crippen molar-refractivity contribution >= 4 is 39.2 Å². The molecule has 1 aromatic carbocycles. The van der Waals surface area contributed by atoms with Gasteiger partial charge in [0.05, 0.1) is 24.4 Å². The number of carbonyl (C=O) groups excluding carboxylic acids is 2. The van der Waals surface area contributed by atoms with Gasteiger partial charge in [-0.3, -0.25) is 14.3 Å². The van der Waals surface area contributed by atoms with Crippen molar-refractivity contribution in [2.24, 2.45) is 0 Å². The van der Waals surface area contributed by atoms with E-state index in [1.165, 1.54) is 31.0 Å². The topological polar surface area (TPSA) is 89.5 Å². The molecule has 1 aromatic rings. The Hall–Kier alpha value is -1.54. The quantitative estimate of drug-likeness (QED) is 0.602. The van der Waals surface area contributed by atoms with Crippen LogP contribution in [0.25, 0.3) is 0 Å². The lowest BCUT2D eigenvalue weighted by molar-refractivity contribution is -0.137. The molecule has 0 spiro atoms. The molecule has 21 heavy (non-hydrogen) atoms. The maximum absolute atomic E-state index is 12.1. The van der Waals surface area contributed by atoms with Gasteiger partial charge in [-0.2, -0.15) is 0 Å². The second kappa shape index (κ2) is 7.46. The van der Waals surface area contributed by atoms with E-state index in [0.717, 1.165) is 6.26 Å². The molecule has 0 aliphatic rings. The van der Waals surface area contributed by atoms with E-state index in [1.807, 2.05) is 0 Å². The van der Waals surface area contributed by atoms with Crippen LogP contribution in [0.4, 0.5) is 5.69 Å². The van der Waals surface area contributed by atoms with Crippen molar-refractivity contribution < 1.29 is 22.7 Å². The molecule has 0 heterocycles. The molecule has 1 N–H and O–H groups in total. The fourth-order valence-corrected chi connectivity index (χ4v) is 2.83. The third kappa shape index (κ3) is 6.17. The van der Waals surface area contributed by atoms with E-state index in [1.54, 1.807) is 19.1 Å². The van der Waals surface area contributed by atoms with Crippen LogP contribution in [0, 0.1) is 0 Å². The molecule has 8 heteroatoms. The highest BCUT2D eigenvalue weighted by Gasteiger charge is 2.17. The van der Waals surface area contributed by atoms with Crippen molar-refractivity contribution in [3.8, 4) is 0 Å². The summed E-state index contributed by atoms with van der Waals surface area (Å²) in [5.74, 6) is -0.404. The van der Waals surface area contributed by atoms with Crippen molar-refractivity contribution in [3.05, 3.63) is 29.8 Å². The largest absolute Gasteiger partial charge is 0.468 e. The van der Waals surface area contributed by atoms with Gasteiger partial charge in [0.1, 0.15) is 0 Å². The Kier molecular flexibility index (Phi) is 6.22. The number of esters is 1. The van der Waals surface area contributed by atoms with Crippen molar-refractivity contribution in [3.63, 3.8) is 0 Å². The van der Waals surface area contributed by atoms with E-state index in [0.29, 0.717) is 11.3 Å². The summed E-state index contributed by atoms with van der Waals surface area (Å²) in [6.07, 6.45) is 1.05. The van der Waals surface area contributed by atoms with Gasteiger partial charge in [-0.05, 0) is 31.2 Å². The van der Waals surface area contributed by atoms with Gasteiger partial charge in [-0.25, -0.2) is 8.42 Å². The first kappa shape index (κ1) is 17.5. The highest BCUT2D eigenvalue weighted by atomic mass is 32.2. The van der Waals surface area contributed by atoms with Crippen LogP contribution in [0.2, 0.25) is 0 Å². The Bertz CT molecular complexity index is 610. The Labute approximate surface area is 128 Å². The van der Waals surface area contributed by atoms with Crippen LogP contribution in [0.3, 0.4) is 0 Å². The first-order valence-electron chi connectivity index (χ1n) is 6.03. The van der Waals surface area contributed by atoms with Crippen LogP contribution in [0.5, 0.6) is 0 Å². The maximum Gasteiger partial charge on any atom is 0.315 e. The number of methoxy groups -OCH3 is 1. The van der Waals surface area contributed by atoms with Crippen LogP contribution < -0.4 is 4.72 Å². The third-order valence-electron chi connectivity index (χ3n) is 2.52.